The maximum Gasteiger partial charge on any atom is 0.250 e. The molecule has 1 amide bonds. The molecule has 2 N–H and O–H groups in total. The number of nitrogens with one attached hydrogen (secondary N) is 1. The number of anilines is 1. The van der Waals surface area contributed by atoms with Crippen LogP contribution in [0.2, 0.25) is 0 Å². The van der Waals surface area contributed by atoms with E-state index in [4.69, 9.17) is 5.11 Å². The van der Waals surface area contributed by atoms with E-state index in [-0.39, 0.29) is 0 Å². The molecule has 0 bridgehead atoms. The predicted octanol–water partition coefficient (Wildman–Crippen LogP) is 2.79. The van der Waals surface area contributed by atoms with E-state index >= 15 is 0 Å². The lowest BCUT2D eigenvalue weighted by Crippen LogP contribution is -2.15. The number of rotatable bonds is 4. The van der Waals surface area contributed by atoms with Gasteiger partial charge in [-0.2, -0.15) is 0 Å². The van der Waals surface area contributed by atoms with Gasteiger partial charge in [0, 0.05) is 5.69 Å². The third kappa shape index (κ3) is 4.08. The molecule has 0 radical (unpaired) electrons. The van der Waals surface area contributed by atoms with Crippen molar-refractivity contribution in [3.05, 3.63) is 65.7 Å². The SMILES string of the molecule is O=C(CO)Nc1ccc(/C=C/c2ccccc2)cc1. The Morgan fingerprint density at radius 3 is 2.11 bits per heavy atom. The van der Waals surface area contributed by atoms with Crippen molar-refractivity contribution >= 4 is 23.7 Å². The van der Waals surface area contributed by atoms with Crippen LogP contribution in [0.3, 0.4) is 0 Å². The zero-order valence-electron chi connectivity index (χ0n) is 10.4. The first-order valence-corrected chi connectivity index (χ1v) is 6.02. The van der Waals surface area contributed by atoms with E-state index in [2.05, 4.69) is 5.32 Å². The molecule has 2 aromatic rings. The molecule has 0 saturated heterocycles. The number of benzene rings is 2. The molecule has 0 unspecified atom stereocenters. The Morgan fingerprint density at radius 1 is 0.947 bits per heavy atom. The van der Waals surface area contributed by atoms with Crippen LogP contribution >= 0.6 is 0 Å². The number of aliphatic hydroxyl groups excluding tert-OH is 1. The van der Waals surface area contributed by atoms with Gasteiger partial charge in [-0.15, -0.1) is 0 Å². The minimum atomic E-state index is -0.504. The van der Waals surface area contributed by atoms with Crippen molar-refractivity contribution in [1.82, 2.24) is 0 Å². The van der Waals surface area contributed by atoms with Crippen molar-refractivity contribution in [3.8, 4) is 0 Å². The first kappa shape index (κ1) is 13.1. The van der Waals surface area contributed by atoms with E-state index in [9.17, 15) is 4.79 Å². The summed E-state index contributed by atoms with van der Waals surface area (Å²) in [6.45, 7) is -0.504. The maximum absolute atomic E-state index is 11.0. The summed E-state index contributed by atoms with van der Waals surface area (Å²) in [7, 11) is 0. The molecule has 19 heavy (non-hydrogen) atoms. The molecule has 0 saturated carbocycles. The Balaban J connectivity index is 2.03. The average molecular weight is 253 g/mol. The highest BCUT2D eigenvalue weighted by molar-refractivity contribution is 5.91. The number of hydrogen-bond acceptors (Lipinski definition) is 2. The summed E-state index contributed by atoms with van der Waals surface area (Å²) in [6.07, 6.45) is 4.04. The maximum atomic E-state index is 11.0. The summed E-state index contributed by atoms with van der Waals surface area (Å²) in [5, 5.41) is 11.2. The highest BCUT2D eigenvalue weighted by Crippen LogP contribution is 2.12. The average Bonchev–Trinajstić information content (AvgIpc) is 2.47. The fraction of sp³-hybridized carbons (Fsp3) is 0.0625. The van der Waals surface area contributed by atoms with E-state index in [0.717, 1.165) is 11.1 Å². The lowest BCUT2D eigenvalue weighted by Gasteiger charge is -2.03. The van der Waals surface area contributed by atoms with Gasteiger partial charge >= 0.3 is 0 Å². The topological polar surface area (TPSA) is 49.3 Å². The lowest BCUT2D eigenvalue weighted by atomic mass is 10.1. The molecule has 2 aromatic carbocycles. The number of hydrogen-bond donors (Lipinski definition) is 2. The molecule has 96 valence electrons. The standard InChI is InChI=1S/C16H15NO2/c18-12-16(19)17-15-10-8-14(9-11-15)7-6-13-4-2-1-3-5-13/h1-11,18H,12H2,(H,17,19)/b7-6+. The Morgan fingerprint density at radius 2 is 1.53 bits per heavy atom. The summed E-state index contributed by atoms with van der Waals surface area (Å²) in [6, 6.07) is 17.5. The molecule has 0 spiro atoms. The Kier molecular flexibility index (Phi) is 4.48. The first-order valence-electron chi connectivity index (χ1n) is 6.02. The second-order valence-corrected chi connectivity index (χ2v) is 4.07. The molecule has 0 heterocycles. The zero-order valence-corrected chi connectivity index (χ0v) is 10.4. The largest absolute Gasteiger partial charge is 0.387 e. The van der Waals surface area contributed by atoms with Crippen LogP contribution in [0, 0.1) is 0 Å². The van der Waals surface area contributed by atoms with E-state index in [1.807, 2.05) is 54.6 Å². The van der Waals surface area contributed by atoms with Gasteiger partial charge in [0.1, 0.15) is 6.61 Å². The van der Waals surface area contributed by atoms with Crippen molar-refractivity contribution < 1.29 is 9.90 Å². The van der Waals surface area contributed by atoms with Gasteiger partial charge in [-0.25, -0.2) is 0 Å². The van der Waals surface area contributed by atoms with Gasteiger partial charge in [-0.1, -0.05) is 54.6 Å². The van der Waals surface area contributed by atoms with Gasteiger partial charge in [-0.05, 0) is 23.3 Å². The van der Waals surface area contributed by atoms with E-state index < -0.39 is 12.5 Å². The Labute approximate surface area is 112 Å². The smallest absolute Gasteiger partial charge is 0.250 e. The summed E-state index contributed by atoms with van der Waals surface area (Å²) >= 11 is 0. The van der Waals surface area contributed by atoms with Crippen molar-refractivity contribution in [2.24, 2.45) is 0 Å². The molecular weight excluding hydrogens is 238 g/mol. The normalized spacial score (nSPS) is 10.6. The molecule has 3 heteroatoms. The van der Waals surface area contributed by atoms with Gasteiger partial charge in [-0.3, -0.25) is 4.79 Å². The minimum absolute atomic E-state index is 0.410. The molecule has 0 atom stereocenters. The van der Waals surface area contributed by atoms with Crippen LogP contribution in [-0.2, 0) is 4.79 Å². The van der Waals surface area contributed by atoms with Gasteiger partial charge in [0.2, 0.25) is 5.91 Å². The second kappa shape index (κ2) is 6.52. The predicted molar refractivity (Wildman–Crippen MR) is 77.5 cm³/mol. The molecule has 0 aliphatic carbocycles. The molecular formula is C16H15NO2. The quantitative estimate of drug-likeness (QED) is 0.823. The molecule has 3 nitrogen and oxygen atoms in total. The van der Waals surface area contributed by atoms with Crippen LogP contribution in [0.4, 0.5) is 5.69 Å². The highest BCUT2D eigenvalue weighted by Gasteiger charge is 1.98. The van der Waals surface area contributed by atoms with Crippen molar-refractivity contribution in [3.63, 3.8) is 0 Å². The second-order valence-electron chi connectivity index (χ2n) is 4.07. The van der Waals surface area contributed by atoms with Crippen LogP contribution in [0.15, 0.2) is 54.6 Å². The van der Waals surface area contributed by atoms with Crippen LogP contribution in [0.1, 0.15) is 11.1 Å². The summed E-state index contributed by atoms with van der Waals surface area (Å²) in [4.78, 5) is 11.0. The van der Waals surface area contributed by atoms with Crippen molar-refractivity contribution in [2.75, 3.05) is 11.9 Å². The summed E-state index contributed by atoms with van der Waals surface area (Å²) in [5.41, 5.74) is 2.86. The van der Waals surface area contributed by atoms with E-state index in [1.165, 1.54) is 0 Å². The fourth-order valence-electron chi connectivity index (χ4n) is 1.63. The summed E-state index contributed by atoms with van der Waals surface area (Å²) < 4.78 is 0. The number of amides is 1. The fourth-order valence-corrected chi connectivity index (χ4v) is 1.63. The minimum Gasteiger partial charge on any atom is -0.387 e. The third-order valence-corrected chi connectivity index (χ3v) is 2.61. The van der Waals surface area contributed by atoms with Crippen LogP contribution < -0.4 is 5.32 Å². The van der Waals surface area contributed by atoms with Crippen molar-refractivity contribution in [1.29, 1.82) is 0 Å². The summed E-state index contributed by atoms with van der Waals surface area (Å²) in [5.74, 6) is -0.410. The molecule has 0 fully saturated rings. The molecule has 0 aliphatic rings. The Bertz CT molecular complexity index is 559. The van der Waals surface area contributed by atoms with Gasteiger partial charge < -0.3 is 10.4 Å². The number of carbonyl (C=O) groups excluding carboxylic acids is 1. The van der Waals surface area contributed by atoms with Crippen LogP contribution in [-0.4, -0.2) is 17.6 Å². The van der Waals surface area contributed by atoms with Crippen LogP contribution in [0.25, 0.3) is 12.2 Å². The van der Waals surface area contributed by atoms with E-state index in [1.54, 1.807) is 12.1 Å². The van der Waals surface area contributed by atoms with Crippen molar-refractivity contribution in [2.45, 2.75) is 0 Å². The zero-order chi connectivity index (χ0) is 13.5. The molecule has 0 aromatic heterocycles. The van der Waals surface area contributed by atoms with Gasteiger partial charge in [0.25, 0.3) is 0 Å². The lowest BCUT2D eigenvalue weighted by molar-refractivity contribution is -0.118. The van der Waals surface area contributed by atoms with Gasteiger partial charge in [0.05, 0.1) is 0 Å². The first-order chi connectivity index (χ1) is 9.28. The molecule has 2 rings (SSSR count). The highest BCUT2D eigenvalue weighted by atomic mass is 16.3. The Hall–Kier alpha value is -2.39. The third-order valence-electron chi connectivity index (χ3n) is 2.61. The van der Waals surface area contributed by atoms with Gasteiger partial charge in [0.15, 0.2) is 0 Å². The number of aliphatic hydroxyl groups is 1. The number of carbonyl (C=O) groups is 1. The monoisotopic (exact) mass is 253 g/mol. The molecule has 0 aliphatic heterocycles. The van der Waals surface area contributed by atoms with E-state index in [0.29, 0.717) is 5.69 Å². The van der Waals surface area contributed by atoms with Crippen LogP contribution in [0.5, 0.6) is 0 Å².